The Bertz CT molecular complexity index is 1590. The molecule has 5 rings (SSSR count). The fraction of sp³-hybridized carbons (Fsp3) is 0.447. The maximum absolute atomic E-state index is 11.7. The molecule has 0 atom stereocenters. The molecule has 0 aliphatic heterocycles. The summed E-state index contributed by atoms with van der Waals surface area (Å²) in [6.45, 7) is 17.2. The third-order valence-corrected chi connectivity index (χ3v) is 8.90. The van der Waals surface area contributed by atoms with Crippen molar-refractivity contribution in [3.8, 4) is 11.3 Å². The maximum atomic E-state index is 11.7. The molecule has 231 valence electrons. The van der Waals surface area contributed by atoms with E-state index in [0.717, 1.165) is 48.9 Å². The molecule has 0 fully saturated rings. The number of nitrogens with zero attached hydrogens (tertiary/aromatic N) is 2. The van der Waals surface area contributed by atoms with Gasteiger partial charge in [0.25, 0.3) is 0 Å². The Balaban J connectivity index is 0.000000274. The van der Waals surface area contributed by atoms with Gasteiger partial charge in [0.2, 0.25) is 0 Å². The smallest absolute Gasteiger partial charge is 0.162 e. The number of carbonyl (C=O) groups is 1. The van der Waals surface area contributed by atoms with E-state index < -0.39 is 0 Å². The number of allylic oxidation sites excluding steroid dienone is 2. The van der Waals surface area contributed by atoms with Crippen LogP contribution in [0.5, 0.6) is 0 Å². The molecule has 2 aromatic carbocycles. The van der Waals surface area contributed by atoms with Crippen molar-refractivity contribution in [3.05, 3.63) is 83.4 Å². The summed E-state index contributed by atoms with van der Waals surface area (Å²) in [7, 11) is 0. The molecule has 0 saturated heterocycles. The first-order chi connectivity index (χ1) is 20.1. The van der Waals surface area contributed by atoms with Crippen LogP contribution in [0.3, 0.4) is 0 Å². The summed E-state index contributed by atoms with van der Waals surface area (Å²) in [5, 5.41) is 13.5. The van der Waals surface area contributed by atoms with E-state index in [1.807, 2.05) is 46.2 Å². The number of aliphatic hydroxyl groups is 1. The van der Waals surface area contributed by atoms with Crippen LogP contribution in [0.1, 0.15) is 97.8 Å². The summed E-state index contributed by atoms with van der Waals surface area (Å²) in [6.07, 6.45) is 9.87. The van der Waals surface area contributed by atoms with Crippen molar-refractivity contribution in [1.82, 2.24) is 9.97 Å². The van der Waals surface area contributed by atoms with Gasteiger partial charge in [-0.05, 0) is 66.3 Å². The van der Waals surface area contributed by atoms with Crippen LogP contribution in [-0.2, 0) is 36.7 Å². The molecule has 1 aliphatic carbocycles. The minimum atomic E-state index is -0.137. The number of hydrogen-bond donors (Lipinski definition) is 1. The second kappa shape index (κ2) is 14.7. The SMILES string of the molecule is CC(C)Cc1cnc2cnc3c(c2c1)C(C)(C)c1cccc2cc[c-]c-3c12.CCC(CC)C(=O)/C=C(\O)C(CC)CC.[Ir]. The van der Waals surface area contributed by atoms with E-state index in [9.17, 15) is 9.90 Å². The van der Waals surface area contributed by atoms with Gasteiger partial charge in [-0.2, -0.15) is 0 Å². The van der Waals surface area contributed by atoms with E-state index >= 15 is 0 Å². The zero-order chi connectivity index (χ0) is 30.6. The van der Waals surface area contributed by atoms with E-state index in [-0.39, 0.29) is 48.9 Å². The van der Waals surface area contributed by atoms with Crippen molar-refractivity contribution >= 4 is 27.5 Å². The number of ketones is 1. The second-order valence-corrected chi connectivity index (χ2v) is 12.6. The predicted octanol–water partition coefficient (Wildman–Crippen LogP) is 9.96. The standard InChI is InChI=1S/C25H23N2.C13H24O2.Ir/c1-15(2)11-16-12-19-21(26-13-16)14-27-24-18-9-5-7-17-8-6-10-20(22(17)18)25(3,4)23(19)24;1-5-10(6-2)12(14)9-13(15)11(7-3)8-4;/h5-8,10,12-15H,11H2,1-4H3;9-11,14H,5-8H2,1-4H3;/q-1;;/b;12-9-;. The molecule has 0 amide bonds. The number of rotatable bonds is 9. The molecule has 1 aliphatic rings. The molecule has 4 nitrogen and oxygen atoms in total. The molecule has 2 heterocycles. The Hall–Kier alpha value is -2.88. The van der Waals surface area contributed by atoms with Crippen molar-refractivity contribution in [2.24, 2.45) is 17.8 Å². The molecular weight excluding hydrogens is 709 g/mol. The Morgan fingerprint density at radius 2 is 1.65 bits per heavy atom. The largest absolute Gasteiger partial charge is 0.512 e. The maximum Gasteiger partial charge on any atom is 0.162 e. The summed E-state index contributed by atoms with van der Waals surface area (Å²) in [4.78, 5) is 21.3. The topological polar surface area (TPSA) is 63.1 Å². The second-order valence-electron chi connectivity index (χ2n) is 12.6. The molecule has 1 radical (unpaired) electrons. The van der Waals surface area contributed by atoms with Gasteiger partial charge in [0, 0.05) is 55.8 Å². The fourth-order valence-electron chi connectivity index (χ4n) is 6.44. The molecular formula is C38H47IrN2O2-. The van der Waals surface area contributed by atoms with Gasteiger partial charge >= 0.3 is 0 Å². The Morgan fingerprint density at radius 1 is 0.977 bits per heavy atom. The van der Waals surface area contributed by atoms with E-state index in [2.05, 4.69) is 64.1 Å². The van der Waals surface area contributed by atoms with Gasteiger partial charge in [-0.1, -0.05) is 84.5 Å². The molecule has 0 saturated carbocycles. The number of hydrogen-bond acceptors (Lipinski definition) is 4. The number of pyridine rings is 2. The minimum absolute atomic E-state index is 0. The average molecular weight is 756 g/mol. The summed E-state index contributed by atoms with van der Waals surface area (Å²) >= 11 is 0. The first-order valence-electron chi connectivity index (χ1n) is 15.7. The Morgan fingerprint density at radius 3 is 2.28 bits per heavy atom. The first kappa shape index (κ1) is 34.6. The zero-order valence-electron chi connectivity index (χ0n) is 27.0. The Labute approximate surface area is 271 Å². The van der Waals surface area contributed by atoms with Gasteiger partial charge in [0.1, 0.15) is 0 Å². The molecule has 43 heavy (non-hydrogen) atoms. The average Bonchev–Trinajstić information content (AvgIpc) is 2.96. The molecule has 1 N–H and O–H groups in total. The van der Waals surface area contributed by atoms with E-state index in [1.165, 1.54) is 38.9 Å². The van der Waals surface area contributed by atoms with E-state index in [0.29, 0.717) is 5.92 Å². The third kappa shape index (κ3) is 7.10. The van der Waals surface area contributed by atoms with Crippen LogP contribution < -0.4 is 0 Å². The van der Waals surface area contributed by atoms with Crippen LogP contribution in [-0.4, -0.2) is 20.9 Å². The molecule has 0 unspecified atom stereocenters. The number of fused-ring (bicyclic) bond motifs is 4. The van der Waals surface area contributed by atoms with Gasteiger partial charge < -0.3 is 10.1 Å². The molecule has 0 bridgehead atoms. The van der Waals surface area contributed by atoms with Gasteiger partial charge in [-0.3, -0.25) is 9.78 Å². The number of aliphatic hydroxyl groups excluding tert-OH is 1. The summed E-state index contributed by atoms with van der Waals surface area (Å²) in [6, 6.07) is 16.6. The van der Waals surface area contributed by atoms with Crippen molar-refractivity contribution in [2.45, 2.75) is 92.9 Å². The quantitative estimate of drug-likeness (QED) is 0.105. The summed E-state index contributed by atoms with van der Waals surface area (Å²) < 4.78 is 0. The van der Waals surface area contributed by atoms with Crippen LogP contribution in [0.4, 0.5) is 0 Å². The van der Waals surface area contributed by atoms with Crippen molar-refractivity contribution in [3.63, 3.8) is 0 Å². The summed E-state index contributed by atoms with van der Waals surface area (Å²) in [5.74, 6) is 1.16. The van der Waals surface area contributed by atoms with Crippen molar-refractivity contribution < 1.29 is 30.0 Å². The molecule has 5 heteroatoms. The van der Waals surface area contributed by atoms with Gasteiger partial charge in [0.05, 0.1) is 11.3 Å². The normalized spacial score (nSPS) is 13.6. The van der Waals surface area contributed by atoms with Crippen molar-refractivity contribution in [2.75, 3.05) is 0 Å². The predicted molar refractivity (Wildman–Crippen MR) is 176 cm³/mol. The summed E-state index contributed by atoms with van der Waals surface area (Å²) in [5.41, 5.74) is 6.93. The van der Waals surface area contributed by atoms with Gasteiger partial charge in [-0.25, -0.2) is 0 Å². The van der Waals surface area contributed by atoms with Gasteiger partial charge in [0.15, 0.2) is 5.78 Å². The fourth-order valence-corrected chi connectivity index (χ4v) is 6.44. The van der Waals surface area contributed by atoms with Crippen LogP contribution in [0.25, 0.3) is 32.9 Å². The molecule has 0 spiro atoms. The molecule has 2 aromatic heterocycles. The number of aromatic nitrogens is 2. The zero-order valence-corrected chi connectivity index (χ0v) is 29.4. The first-order valence-corrected chi connectivity index (χ1v) is 15.7. The van der Waals surface area contributed by atoms with Crippen LogP contribution >= 0.6 is 0 Å². The van der Waals surface area contributed by atoms with E-state index in [1.54, 1.807) is 0 Å². The van der Waals surface area contributed by atoms with Crippen molar-refractivity contribution in [1.29, 1.82) is 0 Å². The minimum Gasteiger partial charge on any atom is -0.512 e. The Kier molecular flexibility index (Phi) is 11.9. The third-order valence-electron chi connectivity index (χ3n) is 8.90. The van der Waals surface area contributed by atoms with E-state index in [4.69, 9.17) is 9.97 Å². The van der Waals surface area contributed by atoms with Crippen LogP contribution in [0.15, 0.2) is 60.6 Å². The number of carbonyl (C=O) groups excluding carboxylic acids is 1. The van der Waals surface area contributed by atoms with Gasteiger partial charge in [-0.15, -0.1) is 29.1 Å². The van der Waals surface area contributed by atoms with Crippen LogP contribution in [0, 0.1) is 23.8 Å². The van der Waals surface area contributed by atoms with Crippen LogP contribution in [0.2, 0.25) is 0 Å². The number of benzene rings is 2. The monoisotopic (exact) mass is 756 g/mol. The molecule has 4 aromatic rings.